The summed E-state index contributed by atoms with van der Waals surface area (Å²) < 4.78 is 21.8. The number of hydrogen-bond donors (Lipinski definition) is 1. The van der Waals surface area contributed by atoms with Crippen LogP contribution in [0.4, 0.5) is 4.39 Å². The van der Waals surface area contributed by atoms with Gasteiger partial charge >= 0.3 is 0 Å². The second-order valence-corrected chi connectivity index (χ2v) is 7.01. The van der Waals surface area contributed by atoms with E-state index in [0.29, 0.717) is 22.2 Å². The highest BCUT2D eigenvalue weighted by Gasteiger charge is 2.23. The van der Waals surface area contributed by atoms with E-state index in [2.05, 4.69) is 10.3 Å². The number of imidazole rings is 1. The van der Waals surface area contributed by atoms with Gasteiger partial charge < -0.3 is 14.6 Å². The average Bonchev–Trinajstić information content (AvgIpc) is 3.05. The zero-order valence-electron chi connectivity index (χ0n) is 15.9. The second kappa shape index (κ2) is 8.44. The third-order valence-electron chi connectivity index (χ3n) is 4.41. The Morgan fingerprint density at radius 1 is 1.29 bits per heavy atom. The molecule has 0 saturated carbocycles. The van der Waals surface area contributed by atoms with Gasteiger partial charge in [-0.3, -0.25) is 4.79 Å². The zero-order valence-corrected chi connectivity index (χ0v) is 16.6. The number of carbonyl (C=O) groups excluding carboxylic acids is 1. The van der Waals surface area contributed by atoms with Gasteiger partial charge in [-0.05, 0) is 43.2 Å². The van der Waals surface area contributed by atoms with Gasteiger partial charge in [0.2, 0.25) is 0 Å². The minimum absolute atomic E-state index is 0.210. The molecule has 0 saturated heterocycles. The summed E-state index contributed by atoms with van der Waals surface area (Å²) in [6.45, 7) is 3.52. The molecule has 1 atom stereocenters. The maximum Gasteiger partial charge on any atom is 0.258 e. The lowest BCUT2D eigenvalue weighted by atomic mass is 10.1. The lowest BCUT2D eigenvalue weighted by Crippen LogP contribution is -2.35. The van der Waals surface area contributed by atoms with E-state index in [0.717, 1.165) is 11.1 Å². The Morgan fingerprint density at radius 2 is 1.96 bits per heavy atom. The molecule has 0 unspecified atom stereocenters. The molecule has 0 spiro atoms. The maximum atomic E-state index is 14.4. The summed E-state index contributed by atoms with van der Waals surface area (Å²) in [6, 6.07) is 9.13. The Bertz CT molecular complexity index is 980. The molecule has 0 bridgehead atoms. The first kappa shape index (κ1) is 19.9. The smallest absolute Gasteiger partial charge is 0.258 e. The van der Waals surface area contributed by atoms with Crippen LogP contribution in [0, 0.1) is 19.7 Å². The average molecular weight is 402 g/mol. The summed E-state index contributed by atoms with van der Waals surface area (Å²) >= 11 is 6.03. The highest BCUT2D eigenvalue weighted by molar-refractivity contribution is 6.30. The van der Waals surface area contributed by atoms with E-state index in [9.17, 15) is 9.18 Å². The first-order valence-corrected chi connectivity index (χ1v) is 9.15. The van der Waals surface area contributed by atoms with Crippen LogP contribution in [0.5, 0.6) is 5.75 Å². The van der Waals surface area contributed by atoms with Gasteiger partial charge in [0, 0.05) is 30.0 Å². The summed E-state index contributed by atoms with van der Waals surface area (Å²) in [7, 11) is 1.79. The molecule has 0 radical (unpaired) electrons. The normalized spacial score (nSPS) is 11.9. The van der Waals surface area contributed by atoms with Crippen molar-refractivity contribution in [2.24, 2.45) is 7.05 Å². The summed E-state index contributed by atoms with van der Waals surface area (Å²) in [5.74, 6) is 0.336. The topological polar surface area (TPSA) is 56.1 Å². The number of nitrogens with one attached hydrogen (secondary N) is 1. The molecule has 1 amide bonds. The number of ether oxygens (including phenoxy) is 1. The molecule has 1 aromatic heterocycles. The first-order valence-electron chi connectivity index (χ1n) is 8.77. The fourth-order valence-electron chi connectivity index (χ4n) is 3.11. The minimum atomic E-state index is -0.732. The number of hydrogen-bond acceptors (Lipinski definition) is 3. The standard InChI is InChI=1S/C21H21ClFN3O2/c1-13-10-15(22)11-14(2)20(13)28-12-18(27)25-19(21-24-8-9-26(21)3)16-6-4-5-7-17(16)23/h4-11,19H,12H2,1-3H3,(H,25,27)/t19-/m0/s1. The van der Waals surface area contributed by atoms with Crippen LogP contribution in [0.25, 0.3) is 0 Å². The van der Waals surface area contributed by atoms with E-state index in [-0.39, 0.29) is 12.5 Å². The summed E-state index contributed by atoms with van der Waals surface area (Å²) in [4.78, 5) is 16.9. The fraction of sp³-hybridized carbons (Fsp3) is 0.238. The number of rotatable bonds is 6. The van der Waals surface area contributed by atoms with Crippen LogP contribution in [-0.4, -0.2) is 22.1 Å². The Labute approximate surface area is 168 Å². The van der Waals surface area contributed by atoms with E-state index in [4.69, 9.17) is 16.3 Å². The van der Waals surface area contributed by atoms with E-state index in [1.165, 1.54) is 6.07 Å². The Balaban J connectivity index is 1.79. The van der Waals surface area contributed by atoms with Gasteiger partial charge in [-0.1, -0.05) is 29.8 Å². The third-order valence-corrected chi connectivity index (χ3v) is 4.63. The van der Waals surface area contributed by atoms with Crippen molar-refractivity contribution in [3.8, 4) is 5.75 Å². The molecule has 0 aliphatic rings. The van der Waals surface area contributed by atoms with Crippen molar-refractivity contribution in [2.45, 2.75) is 19.9 Å². The fourth-order valence-corrected chi connectivity index (χ4v) is 3.44. The number of nitrogens with zero attached hydrogens (tertiary/aromatic N) is 2. The van der Waals surface area contributed by atoms with Gasteiger partial charge in [-0.25, -0.2) is 9.37 Å². The van der Waals surface area contributed by atoms with Gasteiger partial charge in [0.25, 0.3) is 5.91 Å². The van der Waals surface area contributed by atoms with Crippen LogP contribution >= 0.6 is 11.6 Å². The SMILES string of the molecule is Cc1cc(Cl)cc(C)c1OCC(=O)N[C@@H](c1ccccc1F)c1nccn1C. The predicted molar refractivity (Wildman–Crippen MR) is 106 cm³/mol. The first-order chi connectivity index (χ1) is 13.4. The van der Waals surface area contributed by atoms with Crippen LogP contribution in [0.15, 0.2) is 48.8 Å². The Kier molecular flexibility index (Phi) is 5.99. The molecule has 0 fully saturated rings. The lowest BCUT2D eigenvalue weighted by molar-refractivity contribution is -0.123. The molecule has 3 aromatic rings. The molecule has 0 aliphatic carbocycles. The van der Waals surface area contributed by atoms with Crippen molar-refractivity contribution in [3.63, 3.8) is 0 Å². The van der Waals surface area contributed by atoms with Gasteiger partial charge in [-0.15, -0.1) is 0 Å². The highest BCUT2D eigenvalue weighted by Crippen LogP contribution is 2.27. The molecule has 1 heterocycles. The molecular formula is C21H21ClFN3O2. The van der Waals surface area contributed by atoms with E-state index in [1.54, 1.807) is 54.3 Å². The molecule has 1 N–H and O–H groups in total. The number of halogens is 2. The third kappa shape index (κ3) is 4.34. The largest absolute Gasteiger partial charge is 0.483 e. The lowest BCUT2D eigenvalue weighted by Gasteiger charge is -2.20. The summed E-state index contributed by atoms with van der Waals surface area (Å²) in [5, 5.41) is 3.44. The molecular weight excluding hydrogens is 381 g/mol. The molecule has 5 nitrogen and oxygen atoms in total. The summed E-state index contributed by atoms with van der Waals surface area (Å²) in [6.07, 6.45) is 3.35. The number of aryl methyl sites for hydroxylation is 3. The van der Waals surface area contributed by atoms with Crippen LogP contribution in [-0.2, 0) is 11.8 Å². The number of aromatic nitrogens is 2. The molecule has 146 valence electrons. The Morgan fingerprint density at radius 3 is 2.57 bits per heavy atom. The van der Waals surface area contributed by atoms with Gasteiger partial charge in [0.15, 0.2) is 6.61 Å². The Hall–Kier alpha value is -2.86. The van der Waals surface area contributed by atoms with Crippen molar-refractivity contribution in [1.82, 2.24) is 14.9 Å². The van der Waals surface area contributed by atoms with Crippen molar-refractivity contribution in [3.05, 3.63) is 82.1 Å². The predicted octanol–water partition coefficient (Wildman–Crippen LogP) is 4.11. The molecule has 2 aromatic carbocycles. The summed E-state index contributed by atoms with van der Waals surface area (Å²) in [5.41, 5.74) is 2.02. The monoisotopic (exact) mass is 401 g/mol. The van der Waals surface area contributed by atoms with E-state index < -0.39 is 11.9 Å². The van der Waals surface area contributed by atoms with E-state index >= 15 is 0 Å². The van der Waals surface area contributed by atoms with Crippen molar-refractivity contribution < 1.29 is 13.9 Å². The molecule has 0 aliphatic heterocycles. The van der Waals surface area contributed by atoms with Crippen LogP contribution in [0.2, 0.25) is 5.02 Å². The van der Waals surface area contributed by atoms with Gasteiger partial charge in [0.05, 0.1) is 0 Å². The van der Waals surface area contributed by atoms with Crippen LogP contribution < -0.4 is 10.1 Å². The highest BCUT2D eigenvalue weighted by atomic mass is 35.5. The quantitative estimate of drug-likeness (QED) is 0.676. The van der Waals surface area contributed by atoms with Crippen molar-refractivity contribution >= 4 is 17.5 Å². The zero-order chi connectivity index (χ0) is 20.3. The molecule has 3 rings (SSSR count). The molecule has 7 heteroatoms. The number of amides is 1. The van der Waals surface area contributed by atoms with Crippen molar-refractivity contribution in [1.29, 1.82) is 0 Å². The maximum absolute atomic E-state index is 14.4. The van der Waals surface area contributed by atoms with Crippen LogP contribution in [0.1, 0.15) is 28.6 Å². The minimum Gasteiger partial charge on any atom is -0.483 e. The number of carbonyl (C=O) groups is 1. The van der Waals surface area contributed by atoms with Crippen molar-refractivity contribution in [2.75, 3.05) is 6.61 Å². The van der Waals surface area contributed by atoms with Gasteiger partial charge in [-0.2, -0.15) is 0 Å². The van der Waals surface area contributed by atoms with E-state index in [1.807, 2.05) is 13.8 Å². The molecule has 28 heavy (non-hydrogen) atoms. The second-order valence-electron chi connectivity index (χ2n) is 6.58. The number of benzene rings is 2. The van der Waals surface area contributed by atoms with Crippen LogP contribution in [0.3, 0.4) is 0 Å². The van der Waals surface area contributed by atoms with Gasteiger partial charge in [0.1, 0.15) is 23.4 Å².